The zero-order chi connectivity index (χ0) is 20.0. The van der Waals surface area contributed by atoms with Gasteiger partial charge in [0.25, 0.3) is 5.91 Å². The monoisotopic (exact) mass is 399 g/mol. The van der Waals surface area contributed by atoms with Crippen LogP contribution in [-0.4, -0.2) is 51.4 Å². The van der Waals surface area contributed by atoms with Crippen molar-refractivity contribution in [3.63, 3.8) is 0 Å². The third kappa shape index (κ3) is 4.75. The van der Waals surface area contributed by atoms with Crippen LogP contribution in [-0.2, 0) is 21.4 Å². The van der Waals surface area contributed by atoms with Gasteiger partial charge in [0.05, 0.1) is 36.6 Å². The van der Waals surface area contributed by atoms with Crippen molar-refractivity contribution >= 4 is 15.9 Å². The summed E-state index contributed by atoms with van der Waals surface area (Å²) in [6.45, 7) is 2.54. The van der Waals surface area contributed by atoms with Gasteiger partial charge in [0.1, 0.15) is 6.07 Å². The Morgan fingerprint density at radius 3 is 2.39 bits per heavy atom. The van der Waals surface area contributed by atoms with Crippen molar-refractivity contribution < 1.29 is 18.1 Å². The predicted molar refractivity (Wildman–Crippen MR) is 104 cm³/mol. The number of nitrogens with one attached hydrogen (secondary N) is 2. The Balaban J connectivity index is 1.53. The largest absolute Gasteiger partial charge is 0.347 e. The van der Waals surface area contributed by atoms with Gasteiger partial charge in [-0.1, -0.05) is 42.5 Å². The van der Waals surface area contributed by atoms with Crippen molar-refractivity contribution in [3.8, 4) is 6.07 Å². The molecule has 3 rings (SSSR count). The molecule has 1 amide bonds. The number of quaternary nitrogens is 1. The first-order valence-electron chi connectivity index (χ1n) is 9.14. The molecule has 28 heavy (non-hydrogen) atoms. The van der Waals surface area contributed by atoms with Gasteiger partial charge in [-0.25, -0.2) is 8.42 Å². The third-order valence-corrected chi connectivity index (χ3v) is 6.75. The Morgan fingerprint density at radius 2 is 1.71 bits per heavy atom. The molecule has 8 heteroatoms. The maximum absolute atomic E-state index is 12.8. The van der Waals surface area contributed by atoms with E-state index in [-0.39, 0.29) is 16.4 Å². The molecule has 1 fully saturated rings. The van der Waals surface area contributed by atoms with Gasteiger partial charge >= 0.3 is 0 Å². The van der Waals surface area contributed by atoms with E-state index in [1.54, 1.807) is 12.1 Å². The zero-order valence-corrected chi connectivity index (χ0v) is 16.3. The molecule has 0 aliphatic carbocycles. The lowest BCUT2D eigenvalue weighted by atomic mass is 10.2. The molecule has 1 aliphatic rings. The number of nitriles is 1. The number of benzene rings is 2. The summed E-state index contributed by atoms with van der Waals surface area (Å²) < 4.78 is 27.1. The summed E-state index contributed by atoms with van der Waals surface area (Å²) in [6, 6.07) is 17.9. The molecule has 0 unspecified atom stereocenters. The molecule has 146 valence electrons. The van der Waals surface area contributed by atoms with Crippen LogP contribution in [0.25, 0.3) is 0 Å². The Kier molecular flexibility index (Phi) is 6.41. The lowest BCUT2D eigenvalue weighted by molar-refractivity contribution is -0.895. The van der Waals surface area contributed by atoms with Gasteiger partial charge in [-0.3, -0.25) is 4.79 Å². The van der Waals surface area contributed by atoms with E-state index in [9.17, 15) is 18.5 Å². The van der Waals surface area contributed by atoms with Crippen molar-refractivity contribution in [1.29, 1.82) is 5.26 Å². The number of carbonyl (C=O) groups is 1. The second-order valence-corrected chi connectivity index (χ2v) is 8.61. The number of carbonyl (C=O) groups excluding carboxylic acids is 1. The van der Waals surface area contributed by atoms with Crippen molar-refractivity contribution in [1.82, 2.24) is 9.62 Å². The molecule has 2 aromatic rings. The summed E-state index contributed by atoms with van der Waals surface area (Å²) in [5.74, 6) is -0.0509. The van der Waals surface area contributed by atoms with E-state index >= 15 is 0 Å². The van der Waals surface area contributed by atoms with Crippen LogP contribution in [0.2, 0.25) is 0 Å². The summed E-state index contributed by atoms with van der Waals surface area (Å²) in [4.78, 5) is 13.3. The highest BCUT2D eigenvalue weighted by Crippen LogP contribution is 2.19. The molecule has 1 aliphatic heterocycles. The maximum Gasteiger partial charge on any atom is 0.275 e. The van der Waals surface area contributed by atoms with E-state index in [2.05, 4.69) is 5.32 Å². The van der Waals surface area contributed by atoms with Crippen LogP contribution in [0.15, 0.2) is 59.5 Å². The third-order valence-electron chi connectivity index (χ3n) is 4.80. The average molecular weight is 399 g/mol. The molecule has 0 spiro atoms. The van der Waals surface area contributed by atoms with Gasteiger partial charge < -0.3 is 10.2 Å². The zero-order valence-electron chi connectivity index (χ0n) is 15.5. The molecule has 0 aromatic heterocycles. The van der Waals surface area contributed by atoms with Crippen molar-refractivity contribution in [2.24, 2.45) is 0 Å². The molecule has 1 saturated heterocycles. The van der Waals surface area contributed by atoms with Crippen LogP contribution in [0, 0.1) is 11.3 Å². The highest BCUT2D eigenvalue weighted by Gasteiger charge is 2.32. The summed E-state index contributed by atoms with van der Waals surface area (Å²) in [7, 11) is -3.71. The van der Waals surface area contributed by atoms with E-state index in [0.29, 0.717) is 39.3 Å². The summed E-state index contributed by atoms with van der Waals surface area (Å²) in [6.07, 6.45) is 0. The SMILES string of the molecule is N#Cc1ccccc1S(=O)(=O)N1CC[NH+](CC(=O)NCc2ccccc2)CC1. The fraction of sp³-hybridized carbons (Fsp3) is 0.300. The van der Waals surface area contributed by atoms with Gasteiger partial charge in [-0.15, -0.1) is 0 Å². The van der Waals surface area contributed by atoms with Gasteiger partial charge in [-0.05, 0) is 17.7 Å². The maximum atomic E-state index is 12.8. The summed E-state index contributed by atoms with van der Waals surface area (Å²) in [5.41, 5.74) is 1.19. The number of nitrogens with zero attached hydrogens (tertiary/aromatic N) is 2. The second kappa shape index (κ2) is 8.97. The van der Waals surface area contributed by atoms with Crippen LogP contribution >= 0.6 is 0 Å². The average Bonchev–Trinajstić information content (AvgIpc) is 2.73. The van der Waals surface area contributed by atoms with Gasteiger partial charge in [0.2, 0.25) is 10.0 Å². The topological polar surface area (TPSA) is 94.7 Å². The van der Waals surface area contributed by atoms with Gasteiger partial charge in [0.15, 0.2) is 6.54 Å². The number of amides is 1. The number of hydrogen-bond donors (Lipinski definition) is 2. The van der Waals surface area contributed by atoms with Gasteiger partial charge in [0, 0.05) is 6.54 Å². The summed E-state index contributed by atoms with van der Waals surface area (Å²) >= 11 is 0. The number of piperazine rings is 1. The number of sulfonamides is 1. The Hall–Kier alpha value is -2.73. The smallest absolute Gasteiger partial charge is 0.275 e. The number of rotatable bonds is 6. The molecule has 0 bridgehead atoms. The molecule has 2 aromatic carbocycles. The Morgan fingerprint density at radius 1 is 1.07 bits per heavy atom. The molecular weight excluding hydrogens is 376 g/mol. The van der Waals surface area contributed by atoms with Crippen LogP contribution in [0.5, 0.6) is 0 Å². The molecule has 0 atom stereocenters. The Bertz CT molecular complexity index is 962. The predicted octanol–water partition coefficient (Wildman–Crippen LogP) is -0.236. The van der Waals surface area contributed by atoms with Crippen molar-refractivity contribution in [2.75, 3.05) is 32.7 Å². The minimum Gasteiger partial charge on any atom is -0.347 e. The van der Waals surface area contributed by atoms with E-state index in [1.165, 1.54) is 16.4 Å². The normalized spacial score (nSPS) is 15.7. The van der Waals surface area contributed by atoms with Gasteiger partial charge in [-0.2, -0.15) is 9.57 Å². The van der Waals surface area contributed by atoms with Crippen LogP contribution in [0.3, 0.4) is 0 Å². The van der Waals surface area contributed by atoms with E-state index in [4.69, 9.17) is 0 Å². The fourth-order valence-electron chi connectivity index (χ4n) is 3.23. The standard InChI is InChI=1S/C20H22N4O3S/c21-14-18-8-4-5-9-19(18)28(26,27)24-12-10-23(11-13-24)16-20(25)22-15-17-6-2-1-3-7-17/h1-9H,10-13,15-16H2,(H,22,25)/p+1. The fourth-order valence-corrected chi connectivity index (χ4v) is 4.81. The van der Waals surface area contributed by atoms with E-state index in [0.717, 1.165) is 10.5 Å². The van der Waals surface area contributed by atoms with Crippen LogP contribution < -0.4 is 10.2 Å². The Labute approximate surface area is 165 Å². The number of hydrogen-bond acceptors (Lipinski definition) is 4. The quantitative estimate of drug-likeness (QED) is 0.701. The molecule has 7 nitrogen and oxygen atoms in total. The first-order chi connectivity index (χ1) is 13.5. The first-order valence-corrected chi connectivity index (χ1v) is 10.6. The highest BCUT2D eigenvalue weighted by atomic mass is 32.2. The molecule has 2 N–H and O–H groups in total. The molecule has 0 radical (unpaired) electrons. The molecular formula is C20H23N4O3S+. The minimum absolute atomic E-state index is 0.0431. The molecule has 1 heterocycles. The lowest BCUT2D eigenvalue weighted by Gasteiger charge is -2.31. The minimum atomic E-state index is -3.71. The first kappa shape index (κ1) is 20.0. The second-order valence-electron chi connectivity index (χ2n) is 6.70. The lowest BCUT2D eigenvalue weighted by Crippen LogP contribution is -3.15. The van der Waals surface area contributed by atoms with E-state index in [1.807, 2.05) is 36.4 Å². The van der Waals surface area contributed by atoms with E-state index < -0.39 is 10.0 Å². The van der Waals surface area contributed by atoms with Crippen molar-refractivity contribution in [3.05, 3.63) is 65.7 Å². The summed E-state index contributed by atoms with van der Waals surface area (Å²) in [5, 5.41) is 12.1. The van der Waals surface area contributed by atoms with Crippen LogP contribution in [0.4, 0.5) is 0 Å². The highest BCUT2D eigenvalue weighted by molar-refractivity contribution is 7.89. The van der Waals surface area contributed by atoms with Crippen LogP contribution in [0.1, 0.15) is 11.1 Å². The van der Waals surface area contributed by atoms with Crippen molar-refractivity contribution in [2.45, 2.75) is 11.4 Å². The molecule has 0 saturated carbocycles.